The van der Waals surface area contributed by atoms with E-state index in [2.05, 4.69) is 20.6 Å². The molecule has 0 radical (unpaired) electrons. The Hall–Kier alpha value is -2.71. The predicted molar refractivity (Wildman–Crippen MR) is 94.5 cm³/mol. The third kappa shape index (κ3) is 4.43. The minimum atomic E-state index is -0.323. The molecule has 0 aromatic carbocycles. The van der Waals surface area contributed by atoms with Crippen molar-refractivity contribution in [3.05, 3.63) is 52.3 Å². The Balaban J connectivity index is 1.67. The van der Waals surface area contributed by atoms with Gasteiger partial charge in [-0.1, -0.05) is 11.6 Å². The fourth-order valence-electron chi connectivity index (χ4n) is 1.95. The SMILES string of the molecule is CC(=O)NCc1ccc(-c2csc(NC(=O)c3ccc(Cl)nc3)n2)o1. The maximum Gasteiger partial charge on any atom is 0.259 e. The van der Waals surface area contributed by atoms with Gasteiger partial charge >= 0.3 is 0 Å². The third-order valence-electron chi connectivity index (χ3n) is 3.14. The number of aromatic nitrogens is 2. The zero-order chi connectivity index (χ0) is 17.8. The summed E-state index contributed by atoms with van der Waals surface area (Å²) in [5.41, 5.74) is 0.986. The second-order valence-corrected chi connectivity index (χ2v) is 6.28. The minimum Gasteiger partial charge on any atom is -0.458 e. The predicted octanol–water partition coefficient (Wildman–Crippen LogP) is 3.34. The molecule has 0 aliphatic rings. The van der Waals surface area contributed by atoms with Crippen LogP contribution in [0.5, 0.6) is 0 Å². The summed E-state index contributed by atoms with van der Waals surface area (Å²) in [6.45, 7) is 1.75. The van der Waals surface area contributed by atoms with Gasteiger partial charge in [0.05, 0.1) is 12.1 Å². The molecule has 0 aliphatic carbocycles. The zero-order valence-electron chi connectivity index (χ0n) is 13.1. The molecule has 0 spiro atoms. The lowest BCUT2D eigenvalue weighted by Gasteiger charge is -2.00. The lowest BCUT2D eigenvalue weighted by molar-refractivity contribution is -0.119. The van der Waals surface area contributed by atoms with Gasteiger partial charge in [0.1, 0.15) is 16.6 Å². The first-order chi connectivity index (χ1) is 12.0. The Kier molecular flexibility index (Phi) is 5.11. The molecule has 0 unspecified atom stereocenters. The van der Waals surface area contributed by atoms with Crippen LogP contribution < -0.4 is 10.6 Å². The number of nitrogens with zero attached hydrogens (tertiary/aromatic N) is 2. The fourth-order valence-corrected chi connectivity index (χ4v) is 2.75. The average molecular weight is 377 g/mol. The van der Waals surface area contributed by atoms with E-state index in [-0.39, 0.29) is 11.8 Å². The number of hydrogen-bond donors (Lipinski definition) is 2. The van der Waals surface area contributed by atoms with Gasteiger partial charge in [0, 0.05) is 18.5 Å². The van der Waals surface area contributed by atoms with Crippen molar-refractivity contribution >= 4 is 39.9 Å². The largest absolute Gasteiger partial charge is 0.458 e. The van der Waals surface area contributed by atoms with Crippen LogP contribution in [0.3, 0.4) is 0 Å². The van der Waals surface area contributed by atoms with Crippen molar-refractivity contribution in [1.82, 2.24) is 15.3 Å². The molecule has 2 N–H and O–H groups in total. The summed E-state index contributed by atoms with van der Waals surface area (Å²) in [4.78, 5) is 31.3. The van der Waals surface area contributed by atoms with E-state index in [1.165, 1.54) is 24.5 Å². The van der Waals surface area contributed by atoms with Crippen LogP contribution in [0.25, 0.3) is 11.5 Å². The Morgan fingerprint density at radius 3 is 2.84 bits per heavy atom. The second kappa shape index (κ2) is 7.45. The van der Waals surface area contributed by atoms with Crippen LogP contribution in [-0.2, 0) is 11.3 Å². The summed E-state index contributed by atoms with van der Waals surface area (Å²) in [7, 11) is 0. The molecule has 3 heterocycles. The van der Waals surface area contributed by atoms with Crippen molar-refractivity contribution in [3.63, 3.8) is 0 Å². The molecule has 128 valence electrons. The van der Waals surface area contributed by atoms with Crippen LogP contribution in [0.4, 0.5) is 5.13 Å². The zero-order valence-corrected chi connectivity index (χ0v) is 14.6. The standard InChI is InChI=1S/C16H13ClN4O3S/c1-9(22)18-7-11-3-4-13(24-11)12-8-25-16(20-12)21-15(23)10-2-5-14(17)19-6-10/h2-6,8H,7H2,1H3,(H,18,22)(H,20,21,23). The molecular formula is C16H13ClN4O3S. The van der Waals surface area contributed by atoms with Crippen molar-refractivity contribution in [2.45, 2.75) is 13.5 Å². The van der Waals surface area contributed by atoms with Gasteiger partial charge in [0.15, 0.2) is 10.9 Å². The fraction of sp³-hybridized carbons (Fsp3) is 0.125. The van der Waals surface area contributed by atoms with Crippen molar-refractivity contribution in [2.75, 3.05) is 5.32 Å². The van der Waals surface area contributed by atoms with Crippen molar-refractivity contribution in [1.29, 1.82) is 0 Å². The Bertz CT molecular complexity index is 904. The number of thiazole rings is 1. The number of carbonyl (C=O) groups excluding carboxylic acids is 2. The van der Waals surface area contributed by atoms with Crippen molar-refractivity contribution < 1.29 is 14.0 Å². The summed E-state index contributed by atoms with van der Waals surface area (Å²) in [6.07, 6.45) is 1.40. The van der Waals surface area contributed by atoms with Gasteiger partial charge in [-0.2, -0.15) is 0 Å². The molecule has 3 aromatic rings. The van der Waals surface area contributed by atoms with Crippen molar-refractivity contribution in [2.24, 2.45) is 0 Å². The molecule has 9 heteroatoms. The quantitative estimate of drug-likeness (QED) is 0.665. The highest BCUT2D eigenvalue weighted by Crippen LogP contribution is 2.27. The monoisotopic (exact) mass is 376 g/mol. The van der Waals surface area contributed by atoms with E-state index in [1.807, 2.05) is 0 Å². The summed E-state index contributed by atoms with van der Waals surface area (Å²) < 4.78 is 5.63. The molecule has 0 saturated heterocycles. The van der Waals surface area contributed by atoms with Crippen molar-refractivity contribution in [3.8, 4) is 11.5 Å². The number of rotatable bonds is 5. The van der Waals surface area contributed by atoms with E-state index >= 15 is 0 Å². The highest BCUT2D eigenvalue weighted by Gasteiger charge is 2.12. The number of anilines is 1. The number of nitrogens with one attached hydrogen (secondary N) is 2. The molecule has 0 saturated carbocycles. The first-order valence-corrected chi connectivity index (χ1v) is 8.49. The highest BCUT2D eigenvalue weighted by molar-refractivity contribution is 7.14. The summed E-state index contributed by atoms with van der Waals surface area (Å²) in [6, 6.07) is 6.66. The Morgan fingerprint density at radius 2 is 2.12 bits per heavy atom. The molecule has 3 rings (SSSR count). The maximum atomic E-state index is 12.1. The van der Waals surface area contributed by atoms with E-state index in [1.54, 1.807) is 29.6 Å². The lowest BCUT2D eigenvalue weighted by atomic mass is 10.3. The number of halogens is 1. The first-order valence-electron chi connectivity index (χ1n) is 7.23. The van der Waals surface area contributed by atoms with E-state index in [0.717, 1.165) is 0 Å². The molecule has 25 heavy (non-hydrogen) atoms. The Labute approximate surface area is 152 Å². The molecule has 0 fully saturated rings. The van der Waals surface area contributed by atoms with Gasteiger partial charge in [0.25, 0.3) is 5.91 Å². The smallest absolute Gasteiger partial charge is 0.259 e. The van der Waals surface area contributed by atoms with E-state index < -0.39 is 0 Å². The van der Waals surface area contributed by atoms with Gasteiger partial charge in [-0.05, 0) is 24.3 Å². The molecule has 7 nitrogen and oxygen atoms in total. The molecule has 3 aromatic heterocycles. The van der Waals surface area contributed by atoms with Gasteiger partial charge in [-0.15, -0.1) is 11.3 Å². The van der Waals surface area contributed by atoms with E-state index in [4.69, 9.17) is 16.0 Å². The molecule has 0 aliphatic heterocycles. The molecule has 0 atom stereocenters. The van der Waals surface area contributed by atoms with Crippen LogP contribution in [-0.4, -0.2) is 21.8 Å². The molecule has 2 amide bonds. The Morgan fingerprint density at radius 1 is 1.28 bits per heavy atom. The average Bonchev–Trinajstić information content (AvgIpc) is 3.22. The number of carbonyl (C=O) groups is 2. The van der Waals surface area contributed by atoms with Gasteiger partial charge < -0.3 is 9.73 Å². The van der Waals surface area contributed by atoms with Gasteiger partial charge in [-0.25, -0.2) is 9.97 Å². The van der Waals surface area contributed by atoms with Crippen LogP contribution in [0.1, 0.15) is 23.0 Å². The van der Waals surface area contributed by atoms with E-state index in [0.29, 0.717) is 39.6 Å². The van der Waals surface area contributed by atoms with Crippen LogP contribution in [0, 0.1) is 0 Å². The number of furan rings is 1. The maximum absolute atomic E-state index is 12.1. The second-order valence-electron chi connectivity index (χ2n) is 5.04. The number of pyridine rings is 1. The highest BCUT2D eigenvalue weighted by atomic mass is 35.5. The van der Waals surface area contributed by atoms with E-state index in [9.17, 15) is 9.59 Å². The molecule has 0 bridgehead atoms. The summed E-state index contributed by atoms with van der Waals surface area (Å²) in [5.74, 6) is 0.727. The van der Waals surface area contributed by atoms with Crippen LogP contribution >= 0.6 is 22.9 Å². The van der Waals surface area contributed by atoms with Crippen LogP contribution in [0.15, 0.2) is 40.3 Å². The van der Waals surface area contributed by atoms with Gasteiger partial charge in [-0.3, -0.25) is 14.9 Å². The first kappa shape index (κ1) is 17.1. The van der Waals surface area contributed by atoms with Crippen LogP contribution in [0.2, 0.25) is 5.15 Å². The van der Waals surface area contributed by atoms with Gasteiger partial charge in [0.2, 0.25) is 5.91 Å². The summed E-state index contributed by atoms with van der Waals surface area (Å²) >= 11 is 6.98. The topological polar surface area (TPSA) is 97.1 Å². The summed E-state index contributed by atoms with van der Waals surface area (Å²) in [5, 5.41) is 7.89. The number of hydrogen-bond acceptors (Lipinski definition) is 6. The number of amides is 2. The third-order valence-corrected chi connectivity index (χ3v) is 4.12. The lowest BCUT2D eigenvalue weighted by Crippen LogP contribution is -2.18. The normalized spacial score (nSPS) is 10.5. The molecular weight excluding hydrogens is 364 g/mol. The minimum absolute atomic E-state index is 0.131.